The number of aliphatic hydroxyl groups excluding tert-OH is 1. The first-order valence-corrected chi connectivity index (χ1v) is 10.4. The highest BCUT2D eigenvalue weighted by molar-refractivity contribution is 7.48. The second-order valence-electron chi connectivity index (χ2n) is 6.29. The Hall–Kier alpha value is -2.85. The third-order valence-corrected chi connectivity index (χ3v) is 5.31. The van der Waals surface area contributed by atoms with E-state index in [4.69, 9.17) is 14.2 Å². The highest BCUT2D eigenvalue weighted by Gasteiger charge is 2.33. The summed E-state index contributed by atoms with van der Waals surface area (Å²) in [4.78, 5) is 10.1. The van der Waals surface area contributed by atoms with Crippen molar-refractivity contribution in [2.45, 2.75) is 6.92 Å². The highest BCUT2D eigenvalue weighted by Crippen LogP contribution is 2.56. The average molecular weight is 394 g/mol. The molecule has 0 radical (unpaired) electrons. The Morgan fingerprint density at radius 1 is 0.750 bits per heavy atom. The molecule has 28 heavy (non-hydrogen) atoms. The molecule has 1 aliphatic heterocycles. The van der Waals surface area contributed by atoms with Crippen molar-refractivity contribution in [3.63, 3.8) is 0 Å². The minimum atomic E-state index is -4.25. The van der Waals surface area contributed by atoms with Crippen molar-refractivity contribution >= 4 is 29.4 Å². The van der Waals surface area contributed by atoms with Crippen LogP contribution in [0.2, 0.25) is 0 Å². The predicted octanol–water partition coefficient (Wildman–Crippen LogP) is 5.53. The Morgan fingerprint density at radius 3 is 1.57 bits per heavy atom. The summed E-state index contributed by atoms with van der Waals surface area (Å²) in [7, 11) is -4.25. The summed E-state index contributed by atoms with van der Waals surface area (Å²) in [5.74, 6) is 0.694. The minimum absolute atomic E-state index is 0.250. The monoisotopic (exact) mass is 394 g/mol. The van der Waals surface area contributed by atoms with Crippen LogP contribution < -0.4 is 9.05 Å². The van der Waals surface area contributed by atoms with Crippen molar-refractivity contribution in [2.75, 3.05) is 6.61 Å². The summed E-state index contributed by atoms with van der Waals surface area (Å²) in [5, 5.41) is 11.5. The summed E-state index contributed by atoms with van der Waals surface area (Å²) < 4.78 is 23.1. The van der Waals surface area contributed by atoms with Gasteiger partial charge < -0.3 is 14.2 Å². The molecule has 2 N–H and O–H groups in total. The molecule has 0 spiro atoms. The first-order valence-electron chi connectivity index (χ1n) is 8.91. The Bertz CT molecular complexity index is 1130. The Labute approximate surface area is 162 Å². The van der Waals surface area contributed by atoms with Crippen molar-refractivity contribution in [1.82, 2.24) is 0 Å². The Kier molecular flexibility index (Phi) is 4.82. The normalized spacial score (nSPS) is 14.0. The van der Waals surface area contributed by atoms with Gasteiger partial charge in [0, 0.05) is 17.7 Å². The zero-order valence-electron chi connectivity index (χ0n) is 15.2. The van der Waals surface area contributed by atoms with Crippen molar-refractivity contribution in [2.24, 2.45) is 0 Å². The van der Waals surface area contributed by atoms with Gasteiger partial charge in [-0.15, -0.1) is 0 Å². The molecule has 6 heteroatoms. The lowest BCUT2D eigenvalue weighted by molar-refractivity contribution is 0.294. The number of fused-ring (bicyclic) bond motifs is 7. The molecule has 0 unspecified atom stereocenters. The van der Waals surface area contributed by atoms with Crippen molar-refractivity contribution in [1.29, 1.82) is 0 Å². The molecule has 1 heterocycles. The van der Waals surface area contributed by atoms with E-state index in [0.29, 0.717) is 11.5 Å². The average Bonchev–Trinajstić information content (AvgIpc) is 2.80. The summed E-state index contributed by atoms with van der Waals surface area (Å²) >= 11 is 0. The maximum atomic E-state index is 12.4. The van der Waals surface area contributed by atoms with E-state index in [2.05, 4.69) is 0 Å². The van der Waals surface area contributed by atoms with Crippen LogP contribution in [-0.2, 0) is 4.57 Å². The summed E-state index contributed by atoms with van der Waals surface area (Å²) in [6.45, 7) is 1.93. The summed E-state index contributed by atoms with van der Waals surface area (Å²) in [6.07, 6.45) is 0. The minimum Gasteiger partial charge on any atom is -0.397 e. The first-order chi connectivity index (χ1) is 13.5. The lowest BCUT2D eigenvalue weighted by Gasteiger charge is -2.13. The van der Waals surface area contributed by atoms with Crippen LogP contribution in [0.5, 0.6) is 11.5 Å². The molecule has 0 bridgehead atoms. The maximum absolute atomic E-state index is 12.4. The van der Waals surface area contributed by atoms with Gasteiger partial charge in [-0.25, -0.2) is 4.57 Å². The molecule has 142 valence electrons. The molecule has 0 aliphatic carbocycles. The van der Waals surface area contributed by atoms with Gasteiger partial charge in [-0.1, -0.05) is 60.7 Å². The second kappa shape index (κ2) is 7.28. The maximum Gasteiger partial charge on any atom is 0.584 e. The van der Waals surface area contributed by atoms with Crippen molar-refractivity contribution in [3.05, 3.63) is 72.8 Å². The van der Waals surface area contributed by atoms with E-state index in [-0.39, 0.29) is 6.61 Å². The summed E-state index contributed by atoms with van der Waals surface area (Å²) in [6, 6.07) is 23.0. The van der Waals surface area contributed by atoms with Crippen LogP contribution in [0.1, 0.15) is 6.92 Å². The second-order valence-corrected chi connectivity index (χ2v) is 7.59. The number of phosphoric acid groups is 1. The fraction of sp³-hybridized carbons (Fsp3) is 0.0909. The zero-order valence-corrected chi connectivity index (χ0v) is 16.1. The fourth-order valence-electron chi connectivity index (χ4n) is 3.44. The third-order valence-electron chi connectivity index (χ3n) is 4.46. The van der Waals surface area contributed by atoms with Gasteiger partial charge in [0.2, 0.25) is 0 Å². The molecule has 4 aromatic rings. The molecule has 1 aliphatic rings. The number of benzene rings is 4. The van der Waals surface area contributed by atoms with Gasteiger partial charge >= 0.3 is 7.82 Å². The van der Waals surface area contributed by atoms with E-state index in [9.17, 15) is 9.46 Å². The molecular weight excluding hydrogens is 375 g/mol. The van der Waals surface area contributed by atoms with Crippen LogP contribution in [0, 0.1) is 0 Å². The lowest BCUT2D eigenvalue weighted by Crippen LogP contribution is -1.97. The standard InChI is InChI=1S/C20H13O4P.C2H6O/c21-25(22)23-17-11-9-13-5-1-3-7-15(13)19(17)20-16-8-4-2-6-14(16)10-12-18(20)24-25;1-2-3/h1-12H,(H,21,22);3H,2H2,1H3. The number of hydrogen-bond acceptors (Lipinski definition) is 4. The van der Waals surface area contributed by atoms with E-state index in [1.165, 1.54) is 0 Å². The van der Waals surface area contributed by atoms with Gasteiger partial charge in [0.15, 0.2) is 0 Å². The van der Waals surface area contributed by atoms with Crippen molar-refractivity contribution in [3.8, 4) is 22.6 Å². The van der Waals surface area contributed by atoms with Gasteiger partial charge in [-0.05, 0) is 40.6 Å². The highest BCUT2D eigenvalue weighted by atomic mass is 31.2. The number of hydrogen-bond donors (Lipinski definition) is 2. The van der Waals surface area contributed by atoms with E-state index >= 15 is 0 Å². The molecule has 0 atom stereocenters. The summed E-state index contributed by atoms with van der Waals surface area (Å²) in [5.41, 5.74) is 1.55. The molecule has 0 fully saturated rings. The van der Waals surface area contributed by atoms with Gasteiger partial charge in [-0.2, -0.15) is 0 Å². The largest absolute Gasteiger partial charge is 0.584 e. The lowest BCUT2D eigenvalue weighted by atomic mass is 9.92. The quantitative estimate of drug-likeness (QED) is 0.384. The zero-order chi connectivity index (χ0) is 19.7. The molecule has 0 amide bonds. The van der Waals surface area contributed by atoms with Crippen molar-refractivity contribution < 1.29 is 23.6 Å². The molecule has 0 aromatic heterocycles. The van der Waals surface area contributed by atoms with Gasteiger partial charge in [-0.3, -0.25) is 4.89 Å². The van der Waals surface area contributed by atoms with Crippen LogP contribution >= 0.6 is 7.82 Å². The predicted molar refractivity (Wildman–Crippen MR) is 111 cm³/mol. The Balaban J connectivity index is 0.000000604. The van der Waals surface area contributed by atoms with Crippen LogP contribution in [0.4, 0.5) is 0 Å². The van der Waals surface area contributed by atoms with Crippen LogP contribution in [0.3, 0.4) is 0 Å². The molecule has 5 nitrogen and oxygen atoms in total. The van der Waals surface area contributed by atoms with E-state index < -0.39 is 7.82 Å². The number of aliphatic hydroxyl groups is 1. The molecule has 0 saturated heterocycles. The molecule has 5 rings (SSSR count). The van der Waals surface area contributed by atoms with Gasteiger partial charge in [0.05, 0.1) is 0 Å². The number of phosphoric ester groups is 1. The Morgan fingerprint density at radius 2 is 1.14 bits per heavy atom. The van der Waals surface area contributed by atoms with Crippen LogP contribution in [-0.4, -0.2) is 16.6 Å². The van der Waals surface area contributed by atoms with Crippen LogP contribution in [0.25, 0.3) is 32.7 Å². The van der Waals surface area contributed by atoms with Gasteiger partial charge in [0.1, 0.15) is 11.5 Å². The molecular formula is C22H19O5P. The molecule has 0 saturated carbocycles. The fourth-order valence-corrected chi connectivity index (χ4v) is 4.28. The first kappa shape index (κ1) is 18.5. The number of rotatable bonds is 0. The SMILES string of the molecule is CCO.O=P1(O)Oc2ccc3ccccc3c2-c2c(ccc3ccccc23)O1. The van der Waals surface area contributed by atoms with Gasteiger partial charge in [0.25, 0.3) is 0 Å². The topological polar surface area (TPSA) is 76.0 Å². The third kappa shape index (κ3) is 3.25. The van der Waals surface area contributed by atoms with E-state index in [1.54, 1.807) is 19.1 Å². The smallest absolute Gasteiger partial charge is 0.397 e. The van der Waals surface area contributed by atoms with Crippen LogP contribution in [0.15, 0.2) is 72.8 Å². The molecule has 4 aromatic carbocycles. The van der Waals surface area contributed by atoms with E-state index in [0.717, 1.165) is 32.7 Å². The van der Waals surface area contributed by atoms with E-state index in [1.807, 2.05) is 60.7 Å².